The van der Waals surface area contributed by atoms with Gasteiger partial charge in [-0.25, -0.2) is 0 Å². The summed E-state index contributed by atoms with van der Waals surface area (Å²) < 4.78 is 0.416. The number of alkyl halides is 1. The van der Waals surface area contributed by atoms with Crippen molar-refractivity contribution in [2.45, 2.75) is 23.2 Å². The first-order valence-electron chi connectivity index (χ1n) is 3.02. The number of halogens is 1. The van der Waals surface area contributed by atoms with E-state index in [9.17, 15) is 0 Å². The minimum atomic E-state index is 0.416. The average molecular weight is 183 g/mol. The van der Waals surface area contributed by atoms with Crippen LogP contribution in [0.5, 0.6) is 0 Å². The van der Waals surface area contributed by atoms with Crippen LogP contribution >= 0.6 is 35.1 Å². The highest BCUT2D eigenvalue weighted by Crippen LogP contribution is 2.47. The van der Waals surface area contributed by atoms with Crippen LogP contribution in [-0.4, -0.2) is 21.0 Å². The summed E-state index contributed by atoms with van der Waals surface area (Å²) in [6, 6.07) is 0. The van der Waals surface area contributed by atoms with Crippen molar-refractivity contribution < 1.29 is 0 Å². The van der Waals surface area contributed by atoms with Crippen molar-refractivity contribution in [3.63, 3.8) is 0 Å². The Bertz CT molecular complexity index is 103. The lowest BCUT2D eigenvalue weighted by molar-refractivity contribution is 1.04. The third kappa shape index (κ3) is 2.24. The smallest absolute Gasteiger partial charge is 0.0558 e. The number of rotatable bonds is 1. The van der Waals surface area contributed by atoms with E-state index in [0.717, 1.165) is 5.88 Å². The van der Waals surface area contributed by atoms with Crippen LogP contribution in [0.25, 0.3) is 0 Å². The van der Waals surface area contributed by atoms with Crippen molar-refractivity contribution in [1.29, 1.82) is 0 Å². The molecule has 1 aliphatic heterocycles. The fourth-order valence-corrected chi connectivity index (χ4v) is 4.20. The molecule has 1 atom stereocenters. The maximum atomic E-state index is 5.70. The van der Waals surface area contributed by atoms with Crippen LogP contribution < -0.4 is 0 Å². The summed E-state index contributed by atoms with van der Waals surface area (Å²) in [5, 5.41) is 0.687. The monoisotopic (exact) mass is 182 g/mol. The van der Waals surface area contributed by atoms with Gasteiger partial charge in [0.15, 0.2) is 0 Å². The maximum Gasteiger partial charge on any atom is 0.0558 e. The van der Waals surface area contributed by atoms with Gasteiger partial charge in [0.05, 0.1) is 4.08 Å². The number of thioether (sulfide) groups is 2. The average Bonchev–Trinajstić information content (AvgIpc) is 2.10. The highest BCUT2D eigenvalue weighted by Gasteiger charge is 2.31. The van der Waals surface area contributed by atoms with Crippen molar-refractivity contribution in [3.8, 4) is 0 Å². The topological polar surface area (TPSA) is 0 Å². The molecule has 0 aromatic heterocycles. The van der Waals surface area contributed by atoms with Gasteiger partial charge in [-0.3, -0.25) is 0 Å². The summed E-state index contributed by atoms with van der Waals surface area (Å²) in [6.07, 6.45) is 0. The van der Waals surface area contributed by atoms with Crippen LogP contribution in [0.3, 0.4) is 0 Å². The molecule has 0 N–H and O–H groups in total. The molecule has 1 rings (SSSR count). The molecule has 1 fully saturated rings. The molecule has 0 nitrogen and oxygen atoms in total. The Morgan fingerprint density at radius 2 is 2.33 bits per heavy atom. The van der Waals surface area contributed by atoms with Gasteiger partial charge in [-0.15, -0.1) is 35.1 Å². The van der Waals surface area contributed by atoms with Crippen LogP contribution in [0.15, 0.2) is 0 Å². The molecule has 1 unspecified atom stereocenters. The highest BCUT2D eigenvalue weighted by atomic mass is 35.5. The molecule has 0 radical (unpaired) electrons. The molecule has 9 heavy (non-hydrogen) atoms. The first-order valence-corrected chi connectivity index (χ1v) is 5.42. The van der Waals surface area contributed by atoms with Gasteiger partial charge in [0.25, 0.3) is 0 Å². The molecule has 1 saturated heterocycles. The zero-order chi connectivity index (χ0) is 6.91. The molecule has 0 amide bonds. The summed E-state index contributed by atoms with van der Waals surface area (Å²) in [5.74, 6) is 2.03. The minimum absolute atomic E-state index is 0.416. The lowest BCUT2D eigenvalue weighted by atomic mass is 10.5. The van der Waals surface area contributed by atoms with Crippen molar-refractivity contribution in [2.24, 2.45) is 0 Å². The van der Waals surface area contributed by atoms with Gasteiger partial charge in [0.1, 0.15) is 0 Å². The first-order chi connectivity index (χ1) is 4.14. The van der Waals surface area contributed by atoms with Gasteiger partial charge in [-0.1, -0.05) is 0 Å². The van der Waals surface area contributed by atoms with Gasteiger partial charge in [0.2, 0.25) is 0 Å². The van der Waals surface area contributed by atoms with Crippen LogP contribution in [0.2, 0.25) is 0 Å². The maximum absolute atomic E-state index is 5.70. The standard InChI is InChI=1S/C6H11ClS2/c1-6(2)8-4-5(3-7)9-6/h5H,3-4H2,1-2H3. The largest absolute Gasteiger partial charge is 0.144 e. The molecule has 0 bridgehead atoms. The second kappa shape index (κ2) is 2.93. The Hall–Kier alpha value is 0.990. The predicted octanol–water partition coefficient (Wildman–Crippen LogP) is 2.81. The van der Waals surface area contributed by atoms with E-state index in [4.69, 9.17) is 11.6 Å². The Labute approximate surface area is 70.1 Å². The molecule has 0 saturated carbocycles. The van der Waals surface area contributed by atoms with E-state index in [-0.39, 0.29) is 0 Å². The van der Waals surface area contributed by atoms with Crippen LogP contribution in [0.4, 0.5) is 0 Å². The van der Waals surface area contributed by atoms with Gasteiger partial charge in [-0.2, -0.15) is 0 Å². The summed E-state index contributed by atoms with van der Waals surface area (Å²) in [7, 11) is 0. The van der Waals surface area contributed by atoms with Crippen molar-refractivity contribution in [2.75, 3.05) is 11.6 Å². The molecule has 54 valence electrons. The quantitative estimate of drug-likeness (QED) is 0.573. The van der Waals surface area contributed by atoms with E-state index in [2.05, 4.69) is 13.8 Å². The molecule has 1 aliphatic rings. The van der Waals surface area contributed by atoms with Crippen LogP contribution in [-0.2, 0) is 0 Å². The Kier molecular flexibility index (Phi) is 2.64. The normalized spacial score (nSPS) is 33.0. The van der Waals surface area contributed by atoms with E-state index < -0.39 is 0 Å². The van der Waals surface area contributed by atoms with E-state index in [1.807, 2.05) is 23.5 Å². The van der Waals surface area contributed by atoms with Gasteiger partial charge >= 0.3 is 0 Å². The first kappa shape index (κ1) is 8.09. The Balaban J connectivity index is 2.38. The van der Waals surface area contributed by atoms with Crippen LogP contribution in [0.1, 0.15) is 13.8 Å². The van der Waals surface area contributed by atoms with E-state index in [1.54, 1.807) is 0 Å². The van der Waals surface area contributed by atoms with Crippen molar-refractivity contribution >= 4 is 35.1 Å². The predicted molar refractivity (Wildman–Crippen MR) is 48.6 cm³/mol. The van der Waals surface area contributed by atoms with E-state index >= 15 is 0 Å². The lowest BCUT2D eigenvalue weighted by Gasteiger charge is -2.14. The molecule has 0 aromatic rings. The van der Waals surface area contributed by atoms with E-state index in [1.165, 1.54) is 5.75 Å². The molecule has 0 aliphatic carbocycles. The second-order valence-electron chi connectivity index (χ2n) is 2.60. The summed E-state index contributed by atoms with van der Waals surface area (Å²) in [5.41, 5.74) is 0. The minimum Gasteiger partial charge on any atom is -0.144 e. The van der Waals surface area contributed by atoms with Crippen molar-refractivity contribution in [1.82, 2.24) is 0 Å². The lowest BCUT2D eigenvalue weighted by Crippen LogP contribution is -2.05. The van der Waals surface area contributed by atoms with Gasteiger partial charge in [0, 0.05) is 16.9 Å². The Morgan fingerprint density at radius 3 is 2.56 bits per heavy atom. The third-order valence-corrected chi connectivity index (χ3v) is 5.15. The van der Waals surface area contributed by atoms with Gasteiger partial charge < -0.3 is 0 Å². The fourth-order valence-electron chi connectivity index (χ4n) is 0.839. The van der Waals surface area contributed by atoms with Crippen molar-refractivity contribution in [3.05, 3.63) is 0 Å². The Morgan fingerprint density at radius 1 is 1.67 bits per heavy atom. The summed E-state index contributed by atoms with van der Waals surface area (Å²) in [6.45, 7) is 4.52. The molecule has 3 heteroatoms. The number of hydrogen-bond acceptors (Lipinski definition) is 2. The zero-order valence-electron chi connectivity index (χ0n) is 5.69. The number of hydrogen-bond donors (Lipinski definition) is 0. The molecule has 0 aromatic carbocycles. The second-order valence-corrected chi connectivity index (χ2v) is 6.74. The SMILES string of the molecule is CC1(C)SCC(CCl)S1. The summed E-state index contributed by atoms with van der Waals surface area (Å²) in [4.78, 5) is 0. The summed E-state index contributed by atoms with van der Waals surface area (Å²) >= 11 is 9.71. The third-order valence-electron chi connectivity index (χ3n) is 1.24. The molecular formula is C6H11ClS2. The zero-order valence-corrected chi connectivity index (χ0v) is 8.07. The van der Waals surface area contributed by atoms with E-state index in [0.29, 0.717) is 9.33 Å². The molecular weight excluding hydrogens is 172 g/mol. The fraction of sp³-hybridized carbons (Fsp3) is 1.00. The van der Waals surface area contributed by atoms with Gasteiger partial charge in [-0.05, 0) is 13.8 Å². The highest BCUT2D eigenvalue weighted by molar-refractivity contribution is 8.21. The molecule has 0 spiro atoms. The molecule has 1 heterocycles. The van der Waals surface area contributed by atoms with Crippen LogP contribution in [0, 0.1) is 0 Å².